The van der Waals surface area contributed by atoms with Gasteiger partial charge in [-0.2, -0.15) is 0 Å². The van der Waals surface area contributed by atoms with Gasteiger partial charge in [0.05, 0.1) is 23.9 Å². The van der Waals surface area contributed by atoms with E-state index in [0.29, 0.717) is 10.7 Å². The first-order valence-electron chi connectivity index (χ1n) is 7.57. The largest absolute Gasteiger partial charge is 0.494 e. The molecule has 0 saturated heterocycles. The SMILES string of the molecule is COc1ccc([C@H](C)N[C@@H](C)C(=O)Nc2ccccc2Cl)cc1F. The first-order valence-corrected chi connectivity index (χ1v) is 7.95. The zero-order valence-corrected chi connectivity index (χ0v) is 14.5. The molecule has 0 heterocycles. The predicted octanol–water partition coefficient (Wildman–Crippen LogP) is 4.17. The van der Waals surface area contributed by atoms with Crippen molar-refractivity contribution in [1.82, 2.24) is 5.32 Å². The van der Waals surface area contributed by atoms with Gasteiger partial charge in [-0.3, -0.25) is 10.1 Å². The van der Waals surface area contributed by atoms with Crippen molar-refractivity contribution in [1.29, 1.82) is 0 Å². The Kier molecular flexibility index (Phi) is 6.17. The molecule has 0 aromatic heterocycles. The van der Waals surface area contributed by atoms with Gasteiger partial charge >= 0.3 is 0 Å². The van der Waals surface area contributed by atoms with E-state index in [0.717, 1.165) is 5.56 Å². The second kappa shape index (κ2) is 8.13. The summed E-state index contributed by atoms with van der Waals surface area (Å²) in [5, 5.41) is 6.38. The second-order valence-electron chi connectivity index (χ2n) is 5.47. The number of ether oxygens (including phenoxy) is 1. The minimum Gasteiger partial charge on any atom is -0.494 e. The minimum atomic E-state index is -0.485. The standard InChI is InChI=1S/C18H20ClFN2O2/c1-11(13-8-9-17(24-3)15(20)10-13)21-12(2)18(23)22-16-7-5-4-6-14(16)19/h4-12,21H,1-3H3,(H,22,23)/t11-,12-/m0/s1. The third kappa shape index (κ3) is 4.46. The van der Waals surface area contributed by atoms with Crippen LogP contribution in [0.4, 0.5) is 10.1 Å². The molecular weight excluding hydrogens is 331 g/mol. The number of para-hydroxylation sites is 1. The van der Waals surface area contributed by atoms with Gasteiger partial charge in [0, 0.05) is 6.04 Å². The molecule has 0 aliphatic heterocycles. The Morgan fingerprint density at radius 1 is 1.21 bits per heavy atom. The van der Waals surface area contributed by atoms with Crippen molar-refractivity contribution in [2.75, 3.05) is 12.4 Å². The van der Waals surface area contributed by atoms with Crippen molar-refractivity contribution in [3.8, 4) is 5.75 Å². The van der Waals surface area contributed by atoms with Gasteiger partial charge in [0.1, 0.15) is 0 Å². The van der Waals surface area contributed by atoms with Crippen molar-refractivity contribution in [3.05, 3.63) is 58.9 Å². The van der Waals surface area contributed by atoms with Crippen LogP contribution in [0.25, 0.3) is 0 Å². The lowest BCUT2D eigenvalue weighted by Gasteiger charge is -2.20. The molecule has 0 bridgehead atoms. The molecule has 0 aliphatic carbocycles. The normalized spacial score (nSPS) is 13.2. The first-order chi connectivity index (χ1) is 11.4. The Balaban J connectivity index is 2.00. The van der Waals surface area contributed by atoms with Crippen LogP contribution in [0.5, 0.6) is 5.75 Å². The van der Waals surface area contributed by atoms with Crippen LogP contribution in [0.2, 0.25) is 5.02 Å². The molecule has 4 nitrogen and oxygen atoms in total. The van der Waals surface area contributed by atoms with Crippen molar-refractivity contribution in [3.63, 3.8) is 0 Å². The van der Waals surface area contributed by atoms with Gasteiger partial charge in [-0.25, -0.2) is 4.39 Å². The molecular formula is C18H20ClFN2O2. The fraction of sp³-hybridized carbons (Fsp3) is 0.278. The van der Waals surface area contributed by atoms with E-state index in [1.165, 1.54) is 13.2 Å². The molecule has 0 aliphatic rings. The Morgan fingerprint density at radius 3 is 2.54 bits per heavy atom. The van der Waals surface area contributed by atoms with Gasteiger partial charge in [0.15, 0.2) is 11.6 Å². The predicted molar refractivity (Wildman–Crippen MR) is 94.0 cm³/mol. The van der Waals surface area contributed by atoms with Gasteiger partial charge < -0.3 is 10.1 Å². The summed E-state index contributed by atoms with van der Waals surface area (Å²) in [4.78, 5) is 12.3. The van der Waals surface area contributed by atoms with Gasteiger partial charge in [-0.05, 0) is 43.7 Å². The number of benzene rings is 2. The molecule has 0 unspecified atom stereocenters. The van der Waals surface area contributed by atoms with Crippen LogP contribution in [-0.4, -0.2) is 19.1 Å². The highest BCUT2D eigenvalue weighted by Crippen LogP contribution is 2.23. The van der Waals surface area contributed by atoms with Gasteiger partial charge in [0.25, 0.3) is 0 Å². The molecule has 0 fully saturated rings. The molecule has 0 radical (unpaired) electrons. The Bertz CT molecular complexity index is 724. The number of hydrogen-bond donors (Lipinski definition) is 2. The number of rotatable bonds is 6. The van der Waals surface area contributed by atoms with Crippen molar-refractivity contribution in [2.45, 2.75) is 25.9 Å². The number of halogens is 2. The van der Waals surface area contributed by atoms with E-state index < -0.39 is 11.9 Å². The van der Waals surface area contributed by atoms with E-state index >= 15 is 0 Å². The van der Waals surface area contributed by atoms with Crippen LogP contribution >= 0.6 is 11.6 Å². The average molecular weight is 351 g/mol. The lowest BCUT2D eigenvalue weighted by atomic mass is 10.1. The van der Waals surface area contributed by atoms with Crippen LogP contribution in [-0.2, 0) is 4.79 Å². The molecule has 0 saturated carbocycles. The highest BCUT2D eigenvalue weighted by molar-refractivity contribution is 6.33. The molecule has 1 amide bonds. The van der Waals surface area contributed by atoms with E-state index in [1.54, 1.807) is 43.3 Å². The summed E-state index contributed by atoms with van der Waals surface area (Å²) in [5.74, 6) is -0.462. The molecule has 6 heteroatoms. The third-order valence-electron chi connectivity index (χ3n) is 3.70. The van der Waals surface area contributed by atoms with E-state index in [4.69, 9.17) is 16.3 Å². The minimum absolute atomic E-state index is 0.190. The summed E-state index contributed by atoms with van der Waals surface area (Å²) >= 11 is 6.03. The molecule has 24 heavy (non-hydrogen) atoms. The number of hydrogen-bond acceptors (Lipinski definition) is 3. The molecule has 2 aromatic carbocycles. The van der Waals surface area contributed by atoms with Crippen molar-refractivity contribution < 1.29 is 13.9 Å². The Hall–Kier alpha value is -2.11. The number of carbonyl (C=O) groups excluding carboxylic acids is 1. The number of carbonyl (C=O) groups is 1. The number of nitrogens with one attached hydrogen (secondary N) is 2. The van der Waals surface area contributed by atoms with Crippen LogP contribution in [0.15, 0.2) is 42.5 Å². The van der Waals surface area contributed by atoms with Crippen LogP contribution < -0.4 is 15.4 Å². The summed E-state index contributed by atoms with van der Waals surface area (Å²) < 4.78 is 18.7. The van der Waals surface area contributed by atoms with E-state index in [1.807, 2.05) is 6.92 Å². The van der Waals surface area contributed by atoms with Crippen molar-refractivity contribution in [2.24, 2.45) is 0 Å². The number of amides is 1. The highest BCUT2D eigenvalue weighted by atomic mass is 35.5. The number of anilines is 1. The summed E-state index contributed by atoms with van der Waals surface area (Å²) in [7, 11) is 1.42. The maximum absolute atomic E-state index is 13.8. The maximum Gasteiger partial charge on any atom is 0.241 e. The molecule has 2 atom stereocenters. The average Bonchev–Trinajstić information content (AvgIpc) is 2.56. The molecule has 2 N–H and O–H groups in total. The second-order valence-corrected chi connectivity index (χ2v) is 5.88. The smallest absolute Gasteiger partial charge is 0.241 e. The lowest BCUT2D eigenvalue weighted by Crippen LogP contribution is -2.39. The van der Waals surface area contributed by atoms with E-state index in [2.05, 4.69) is 10.6 Å². The lowest BCUT2D eigenvalue weighted by molar-refractivity contribution is -0.117. The van der Waals surface area contributed by atoms with Gasteiger partial charge in [0.2, 0.25) is 5.91 Å². The zero-order valence-electron chi connectivity index (χ0n) is 13.8. The molecule has 2 rings (SSSR count). The highest BCUT2D eigenvalue weighted by Gasteiger charge is 2.18. The summed E-state index contributed by atoms with van der Waals surface area (Å²) in [6, 6.07) is 11.1. The van der Waals surface area contributed by atoms with E-state index in [-0.39, 0.29) is 17.7 Å². The fourth-order valence-electron chi connectivity index (χ4n) is 2.30. The first kappa shape index (κ1) is 18.2. The number of methoxy groups -OCH3 is 1. The van der Waals surface area contributed by atoms with Gasteiger partial charge in [-0.1, -0.05) is 29.8 Å². The van der Waals surface area contributed by atoms with Crippen LogP contribution in [0.3, 0.4) is 0 Å². The molecule has 2 aromatic rings. The van der Waals surface area contributed by atoms with Crippen LogP contribution in [0.1, 0.15) is 25.5 Å². The Labute approximate surface area is 146 Å². The quantitative estimate of drug-likeness (QED) is 0.822. The van der Waals surface area contributed by atoms with Gasteiger partial charge in [-0.15, -0.1) is 0 Å². The molecule has 128 valence electrons. The summed E-state index contributed by atoms with van der Waals surface area (Å²) in [5.41, 5.74) is 1.28. The Morgan fingerprint density at radius 2 is 1.92 bits per heavy atom. The third-order valence-corrected chi connectivity index (χ3v) is 4.03. The fourth-order valence-corrected chi connectivity index (χ4v) is 2.49. The zero-order chi connectivity index (χ0) is 17.7. The van der Waals surface area contributed by atoms with E-state index in [9.17, 15) is 9.18 Å². The topological polar surface area (TPSA) is 50.4 Å². The molecule has 0 spiro atoms. The summed E-state index contributed by atoms with van der Waals surface area (Å²) in [6.45, 7) is 3.60. The van der Waals surface area contributed by atoms with Crippen LogP contribution in [0, 0.1) is 5.82 Å². The summed E-state index contributed by atoms with van der Waals surface area (Å²) in [6.07, 6.45) is 0. The van der Waals surface area contributed by atoms with Crippen molar-refractivity contribution >= 4 is 23.2 Å². The maximum atomic E-state index is 13.8. The monoisotopic (exact) mass is 350 g/mol.